The minimum Gasteiger partial charge on any atom is -0.454 e. The molecule has 2 amide bonds. The lowest BCUT2D eigenvalue weighted by molar-refractivity contribution is -0.140. The van der Waals surface area contributed by atoms with Crippen LogP contribution in [-0.2, 0) is 17.4 Å². The van der Waals surface area contributed by atoms with Crippen LogP contribution in [0.4, 0.5) is 28.4 Å². The summed E-state index contributed by atoms with van der Waals surface area (Å²) in [5.74, 6) is -2.10. The van der Waals surface area contributed by atoms with Crippen molar-refractivity contribution in [2.45, 2.75) is 24.9 Å². The van der Waals surface area contributed by atoms with E-state index in [2.05, 4.69) is 15.6 Å². The highest BCUT2D eigenvalue weighted by Crippen LogP contribution is 2.40. The quantitative estimate of drug-likeness (QED) is 0.502. The Morgan fingerprint density at radius 1 is 1.06 bits per heavy atom. The maximum atomic E-state index is 13.5. The van der Waals surface area contributed by atoms with Crippen LogP contribution in [-0.4, -0.2) is 23.6 Å². The summed E-state index contributed by atoms with van der Waals surface area (Å²) in [4.78, 5) is 30.5. The third-order valence-electron chi connectivity index (χ3n) is 5.43. The van der Waals surface area contributed by atoms with Gasteiger partial charge in [0.05, 0.1) is 17.2 Å². The van der Waals surface area contributed by atoms with Crippen LogP contribution in [0.3, 0.4) is 0 Å². The van der Waals surface area contributed by atoms with Crippen molar-refractivity contribution in [2.75, 3.05) is 17.4 Å². The molecule has 7 nitrogen and oxygen atoms in total. The molecule has 0 fully saturated rings. The molecule has 0 radical (unpaired) electrons. The Bertz CT molecular complexity index is 1310. The van der Waals surface area contributed by atoms with E-state index < -0.39 is 35.3 Å². The SMILES string of the molecule is O=C(Nc1nc2c(s1)CCC2C(=O)Nc1ccc(F)c(C(F)(F)F)c1)c1ccc2c(c1)OCO2. The van der Waals surface area contributed by atoms with Crippen LogP contribution in [0.25, 0.3) is 0 Å². The largest absolute Gasteiger partial charge is 0.454 e. The summed E-state index contributed by atoms with van der Waals surface area (Å²) < 4.78 is 62.8. The molecule has 0 spiro atoms. The molecule has 0 saturated heterocycles. The highest BCUT2D eigenvalue weighted by molar-refractivity contribution is 7.16. The number of carbonyl (C=O) groups is 2. The number of halogens is 4. The summed E-state index contributed by atoms with van der Waals surface area (Å²) in [5.41, 5.74) is -0.828. The summed E-state index contributed by atoms with van der Waals surface area (Å²) in [6, 6.07) is 7.03. The first-order valence-corrected chi connectivity index (χ1v) is 10.9. The van der Waals surface area contributed by atoms with E-state index in [0.717, 1.165) is 10.9 Å². The molecule has 34 heavy (non-hydrogen) atoms. The third-order valence-corrected chi connectivity index (χ3v) is 6.48. The Hall–Kier alpha value is -3.67. The van der Waals surface area contributed by atoms with Gasteiger partial charge in [0.15, 0.2) is 16.6 Å². The Labute approximate surface area is 193 Å². The van der Waals surface area contributed by atoms with Gasteiger partial charge in [0.1, 0.15) is 5.82 Å². The molecule has 2 heterocycles. The standard InChI is InChI=1S/C22H15F4N3O4S/c23-14-4-2-11(8-13(14)22(24,25)26)27-20(31)12-3-6-17-18(12)28-21(34-17)29-19(30)10-1-5-15-16(7-10)33-9-32-15/h1-2,4-5,7-8,12H,3,6,9H2,(H,27,31)(H,28,29,30). The average molecular weight is 493 g/mol. The van der Waals surface area contributed by atoms with E-state index in [1.54, 1.807) is 18.2 Å². The van der Waals surface area contributed by atoms with E-state index in [1.807, 2.05) is 0 Å². The molecule has 5 rings (SSSR count). The van der Waals surface area contributed by atoms with Crippen LogP contribution in [0.15, 0.2) is 36.4 Å². The number of rotatable bonds is 4. The van der Waals surface area contributed by atoms with Crippen molar-refractivity contribution in [1.29, 1.82) is 0 Å². The second-order valence-corrected chi connectivity index (χ2v) is 8.71. The van der Waals surface area contributed by atoms with Crippen LogP contribution >= 0.6 is 11.3 Å². The maximum absolute atomic E-state index is 13.5. The lowest BCUT2D eigenvalue weighted by Gasteiger charge is -2.13. The van der Waals surface area contributed by atoms with Crippen LogP contribution in [0.5, 0.6) is 11.5 Å². The average Bonchev–Trinajstić information content (AvgIpc) is 3.49. The normalized spacial score (nSPS) is 16.3. The minimum absolute atomic E-state index is 0.0818. The van der Waals surface area contributed by atoms with Crippen molar-refractivity contribution in [3.63, 3.8) is 0 Å². The van der Waals surface area contributed by atoms with E-state index in [4.69, 9.17) is 9.47 Å². The van der Waals surface area contributed by atoms with Gasteiger partial charge in [0.25, 0.3) is 5.91 Å². The van der Waals surface area contributed by atoms with Gasteiger partial charge in [0, 0.05) is 16.1 Å². The second kappa shape index (κ2) is 8.28. The first kappa shape index (κ1) is 22.1. The van der Waals surface area contributed by atoms with E-state index in [9.17, 15) is 27.2 Å². The zero-order valence-corrected chi connectivity index (χ0v) is 18.0. The molecule has 0 bridgehead atoms. The monoisotopic (exact) mass is 493 g/mol. The number of nitrogens with one attached hydrogen (secondary N) is 2. The highest BCUT2D eigenvalue weighted by atomic mass is 32.1. The van der Waals surface area contributed by atoms with E-state index in [0.29, 0.717) is 52.9 Å². The molecule has 2 aliphatic rings. The smallest absolute Gasteiger partial charge is 0.419 e. The lowest BCUT2D eigenvalue weighted by Crippen LogP contribution is -2.20. The van der Waals surface area contributed by atoms with Crippen LogP contribution < -0.4 is 20.1 Å². The maximum Gasteiger partial charge on any atom is 0.419 e. The molecular weight excluding hydrogens is 478 g/mol. The summed E-state index contributed by atoms with van der Waals surface area (Å²) in [7, 11) is 0. The molecule has 0 saturated carbocycles. The van der Waals surface area contributed by atoms with Crippen molar-refractivity contribution in [2.24, 2.45) is 0 Å². The fourth-order valence-electron chi connectivity index (χ4n) is 3.79. The molecule has 1 aromatic heterocycles. The third kappa shape index (κ3) is 4.16. The molecule has 1 atom stereocenters. The Balaban J connectivity index is 1.29. The summed E-state index contributed by atoms with van der Waals surface area (Å²) in [6.45, 7) is 0.0818. The van der Waals surface area contributed by atoms with E-state index in [1.165, 1.54) is 11.3 Å². The predicted molar refractivity (Wildman–Crippen MR) is 114 cm³/mol. The Morgan fingerprint density at radius 2 is 1.85 bits per heavy atom. The molecule has 2 aromatic carbocycles. The number of thiazole rings is 1. The van der Waals surface area contributed by atoms with E-state index in [-0.39, 0.29) is 12.5 Å². The fourth-order valence-corrected chi connectivity index (χ4v) is 4.83. The van der Waals surface area contributed by atoms with Gasteiger partial charge in [-0.15, -0.1) is 11.3 Å². The Morgan fingerprint density at radius 3 is 2.65 bits per heavy atom. The van der Waals surface area contributed by atoms with Gasteiger partial charge in [-0.1, -0.05) is 0 Å². The summed E-state index contributed by atoms with van der Waals surface area (Å²) in [6.07, 6.45) is -3.93. The number of nitrogens with zero attached hydrogens (tertiary/aromatic N) is 1. The van der Waals surface area contributed by atoms with Gasteiger partial charge < -0.3 is 14.8 Å². The highest BCUT2D eigenvalue weighted by Gasteiger charge is 2.36. The number of carbonyl (C=O) groups excluding carboxylic acids is 2. The fraction of sp³-hybridized carbons (Fsp3) is 0.227. The first-order chi connectivity index (χ1) is 16.2. The number of aromatic nitrogens is 1. The van der Waals surface area contributed by atoms with Gasteiger partial charge in [-0.3, -0.25) is 14.9 Å². The number of benzene rings is 2. The lowest BCUT2D eigenvalue weighted by atomic mass is 10.1. The molecule has 1 unspecified atom stereocenters. The van der Waals surface area contributed by atoms with Crippen molar-refractivity contribution in [1.82, 2.24) is 4.98 Å². The zero-order valence-electron chi connectivity index (χ0n) is 17.2. The van der Waals surface area contributed by atoms with Crippen molar-refractivity contribution in [3.05, 3.63) is 63.9 Å². The number of ether oxygens (including phenoxy) is 2. The zero-order chi connectivity index (χ0) is 24.0. The van der Waals surface area contributed by atoms with Gasteiger partial charge in [0.2, 0.25) is 12.7 Å². The predicted octanol–water partition coefficient (Wildman–Crippen LogP) is 4.95. The number of fused-ring (bicyclic) bond motifs is 2. The molecule has 12 heteroatoms. The van der Waals surface area contributed by atoms with Crippen LogP contribution in [0, 0.1) is 5.82 Å². The van der Waals surface area contributed by atoms with E-state index >= 15 is 0 Å². The van der Waals surface area contributed by atoms with Crippen LogP contribution in [0.1, 0.15) is 38.8 Å². The van der Waals surface area contributed by atoms with Crippen molar-refractivity contribution >= 4 is 34.0 Å². The van der Waals surface area contributed by atoms with Gasteiger partial charge in [-0.05, 0) is 49.2 Å². The molecular formula is C22H15F4N3O4S. The topological polar surface area (TPSA) is 89.6 Å². The Kier molecular flexibility index (Phi) is 5.39. The number of amides is 2. The summed E-state index contributed by atoms with van der Waals surface area (Å²) in [5, 5.41) is 5.40. The van der Waals surface area contributed by atoms with Gasteiger partial charge in [-0.2, -0.15) is 13.2 Å². The molecule has 1 aliphatic carbocycles. The van der Waals surface area contributed by atoms with Gasteiger partial charge in [-0.25, -0.2) is 9.37 Å². The number of hydrogen-bond acceptors (Lipinski definition) is 6. The molecule has 2 N–H and O–H groups in total. The number of anilines is 2. The van der Waals surface area contributed by atoms with Crippen LogP contribution in [0.2, 0.25) is 0 Å². The second-order valence-electron chi connectivity index (χ2n) is 7.62. The number of alkyl halides is 3. The molecule has 1 aliphatic heterocycles. The minimum atomic E-state index is -4.88. The number of aryl methyl sites for hydroxylation is 1. The van der Waals surface area contributed by atoms with Gasteiger partial charge >= 0.3 is 6.18 Å². The molecule has 176 valence electrons. The first-order valence-electron chi connectivity index (χ1n) is 10.1. The molecule has 3 aromatic rings. The van der Waals surface area contributed by atoms with Crippen molar-refractivity contribution < 1.29 is 36.6 Å². The number of hydrogen-bond donors (Lipinski definition) is 2. The van der Waals surface area contributed by atoms with Crippen molar-refractivity contribution in [3.8, 4) is 11.5 Å². The summed E-state index contributed by atoms with van der Waals surface area (Å²) >= 11 is 1.23.